The van der Waals surface area contributed by atoms with E-state index in [2.05, 4.69) is 10.3 Å². The molecule has 1 unspecified atom stereocenters. The molecule has 0 radical (unpaired) electrons. The molecule has 1 aliphatic heterocycles. The maximum Gasteiger partial charge on any atom is 0.323 e. The molecule has 3 aromatic rings. The molecule has 216 valence electrons. The minimum absolute atomic E-state index is 0.0326. The average molecular weight is 597 g/mol. The molecule has 1 aromatic heterocycles. The lowest BCUT2D eigenvalue weighted by Gasteiger charge is -2.35. The first-order chi connectivity index (χ1) is 19.8. The van der Waals surface area contributed by atoms with Crippen molar-refractivity contribution >= 4 is 40.9 Å². The van der Waals surface area contributed by atoms with Gasteiger partial charge in [-0.05, 0) is 87.7 Å². The first kappa shape index (κ1) is 29.3. The van der Waals surface area contributed by atoms with Crippen molar-refractivity contribution in [3.05, 3.63) is 75.5 Å². The number of benzene rings is 2. The fraction of sp³-hybridized carbons (Fsp3) is 0.419. The van der Waals surface area contributed by atoms with E-state index in [1.165, 1.54) is 0 Å². The van der Waals surface area contributed by atoms with E-state index in [0.717, 1.165) is 43.2 Å². The van der Waals surface area contributed by atoms with Crippen LogP contribution in [0.25, 0.3) is 11.3 Å². The number of piperidine rings is 1. The predicted molar refractivity (Wildman–Crippen MR) is 161 cm³/mol. The van der Waals surface area contributed by atoms with Crippen molar-refractivity contribution in [1.29, 1.82) is 0 Å². The van der Waals surface area contributed by atoms with Gasteiger partial charge < -0.3 is 20.7 Å². The predicted octanol–water partition coefficient (Wildman–Crippen LogP) is 5.50. The number of carbonyl (C=O) groups is 2. The van der Waals surface area contributed by atoms with Crippen LogP contribution in [0.1, 0.15) is 60.1 Å². The topological polar surface area (TPSA) is 110 Å². The summed E-state index contributed by atoms with van der Waals surface area (Å²) in [5, 5.41) is 4.48. The van der Waals surface area contributed by atoms with Gasteiger partial charge in [0.15, 0.2) is 0 Å². The molecular formula is C31H35Cl2N5O3. The summed E-state index contributed by atoms with van der Waals surface area (Å²) < 4.78 is 5.71. The van der Waals surface area contributed by atoms with Crippen LogP contribution in [0.5, 0.6) is 0 Å². The van der Waals surface area contributed by atoms with Crippen molar-refractivity contribution in [1.82, 2.24) is 20.2 Å². The number of anilines is 1. The Bertz CT molecular complexity index is 1370. The van der Waals surface area contributed by atoms with Crippen molar-refractivity contribution < 1.29 is 14.3 Å². The van der Waals surface area contributed by atoms with E-state index in [9.17, 15) is 9.59 Å². The summed E-state index contributed by atoms with van der Waals surface area (Å²) in [6.45, 7) is 0.659. The molecule has 0 bridgehead atoms. The third kappa shape index (κ3) is 7.00. The van der Waals surface area contributed by atoms with Gasteiger partial charge in [-0.1, -0.05) is 41.4 Å². The second kappa shape index (κ2) is 13.2. The third-order valence-corrected chi connectivity index (χ3v) is 8.80. The summed E-state index contributed by atoms with van der Waals surface area (Å²) >= 11 is 12.6. The van der Waals surface area contributed by atoms with Crippen LogP contribution in [0.4, 0.5) is 5.82 Å². The van der Waals surface area contributed by atoms with E-state index in [1.54, 1.807) is 30.3 Å². The molecule has 3 N–H and O–H groups in total. The molecule has 1 saturated carbocycles. The Morgan fingerprint density at radius 1 is 1.05 bits per heavy atom. The average Bonchev–Trinajstić information content (AvgIpc) is 3.50. The van der Waals surface area contributed by atoms with Gasteiger partial charge in [-0.2, -0.15) is 0 Å². The van der Waals surface area contributed by atoms with E-state index in [1.807, 2.05) is 30.3 Å². The largest absolute Gasteiger partial charge is 0.461 e. The minimum Gasteiger partial charge on any atom is -0.461 e. The fourth-order valence-electron chi connectivity index (χ4n) is 5.61. The molecule has 2 fully saturated rings. The van der Waals surface area contributed by atoms with Gasteiger partial charge in [0.1, 0.15) is 18.0 Å². The molecule has 0 spiro atoms. The maximum atomic E-state index is 13.3. The lowest BCUT2D eigenvalue weighted by Crippen LogP contribution is -2.52. The van der Waals surface area contributed by atoms with Gasteiger partial charge >= 0.3 is 5.97 Å². The van der Waals surface area contributed by atoms with Crippen LogP contribution in [0.3, 0.4) is 0 Å². The van der Waals surface area contributed by atoms with Gasteiger partial charge in [-0.25, -0.2) is 9.97 Å². The van der Waals surface area contributed by atoms with Crippen molar-refractivity contribution in [2.75, 3.05) is 19.3 Å². The Morgan fingerprint density at radius 3 is 2.46 bits per heavy atom. The lowest BCUT2D eigenvalue weighted by atomic mass is 9.97. The van der Waals surface area contributed by atoms with E-state index in [4.69, 9.17) is 38.7 Å². The summed E-state index contributed by atoms with van der Waals surface area (Å²) in [6.07, 6.45) is 8.19. The minimum atomic E-state index is -0.390. The van der Waals surface area contributed by atoms with Crippen LogP contribution in [-0.2, 0) is 22.4 Å². The van der Waals surface area contributed by atoms with Crippen LogP contribution in [0, 0.1) is 0 Å². The zero-order valence-corrected chi connectivity index (χ0v) is 24.6. The molecule has 1 saturated heterocycles. The first-order valence-corrected chi connectivity index (χ1v) is 14.9. The van der Waals surface area contributed by atoms with Crippen molar-refractivity contribution in [3.8, 4) is 11.3 Å². The third-order valence-electron chi connectivity index (χ3n) is 8.09. The zero-order chi connectivity index (χ0) is 28.9. The van der Waals surface area contributed by atoms with Crippen LogP contribution < -0.4 is 11.1 Å². The summed E-state index contributed by atoms with van der Waals surface area (Å²) in [5.74, 6) is 0.0653. The highest BCUT2D eigenvalue weighted by molar-refractivity contribution is 6.36. The second-order valence-electron chi connectivity index (χ2n) is 10.8. The number of aromatic nitrogens is 2. The molecule has 5 rings (SSSR count). The summed E-state index contributed by atoms with van der Waals surface area (Å²) in [6, 6.07) is 12.3. The van der Waals surface area contributed by atoms with Crippen LogP contribution in [0.15, 0.2) is 48.7 Å². The summed E-state index contributed by atoms with van der Waals surface area (Å²) in [5.41, 5.74) is 9.68. The van der Waals surface area contributed by atoms with Crippen LogP contribution in [-0.4, -0.2) is 58.5 Å². The van der Waals surface area contributed by atoms with Crippen LogP contribution >= 0.6 is 23.2 Å². The molecule has 2 atom stereocenters. The van der Waals surface area contributed by atoms with Gasteiger partial charge in [-0.3, -0.25) is 9.59 Å². The van der Waals surface area contributed by atoms with Crippen molar-refractivity contribution in [2.24, 2.45) is 0 Å². The number of rotatable bonds is 8. The number of nitrogen functional groups attached to an aromatic ring is 1. The molecule has 8 nitrogen and oxygen atoms in total. The number of carbonyl (C=O) groups excluding carboxylic acids is 2. The number of halogens is 2. The number of nitrogens with one attached hydrogen (secondary N) is 1. The summed E-state index contributed by atoms with van der Waals surface area (Å²) in [7, 11) is 1.80. The fourth-order valence-corrected chi connectivity index (χ4v) is 6.20. The molecule has 2 heterocycles. The Hall–Kier alpha value is -3.20. The standard InChI is InChI=1S/C31H35Cl2N5O3/c1-38(21-15-16-35-27(17-21)31(40)41-22-5-2-3-6-22)30(39)20-11-9-19(10-12-20)28-18-36-29(34)26(37-28)14-13-23-24(32)7-4-8-25(23)33/h4,7-12,18,21-22,27,35H,2-3,5-6,13-17H2,1H3,(H2,34,36)/t21?,27-/m1/s1. The highest BCUT2D eigenvalue weighted by atomic mass is 35.5. The SMILES string of the molecule is CN(C(=O)c1ccc(-c2cnc(N)c(CCc3c(Cl)cccc3Cl)n2)cc1)C1CCN[C@@H](C(=O)OC2CCCC2)C1. The number of nitrogens with two attached hydrogens (primary N) is 1. The number of aryl methyl sites for hydroxylation is 1. The molecule has 1 amide bonds. The monoisotopic (exact) mass is 595 g/mol. The van der Waals surface area contributed by atoms with Crippen LogP contribution in [0.2, 0.25) is 10.0 Å². The Labute approximate surface area is 250 Å². The molecule has 2 aromatic carbocycles. The Morgan fingerprint density at radius 2 is 1.76 bits per heavy atom. The first-order valence-electron chi connectivity index (χ1n) is 14.2. The van der Waals surface area contributed by atoms with E-state index in [-0.39, 0.29) is 30.1 Å². The van der Waals surface area contributed by atoms with E-state index < -0.39 is 0 Å². The van der Waals surface area contributed by atoms with Gasteiger partial charge in [0.05, 0.1) is 17.6 Å². The van der Waals surface area contributed by atoms with Gasteiger partial charge in [0.2, 0.25) is 0 Å². The lowest BCUT2D eigenvalue weighted by molar-refractivity contribution is -0.152. The molecule has 1 aliphatic carbocycles. The molecule has 41 heavy (non-hydrogen) atoms. The Kier molecular flexibility index (Phi) is 9.42. The molecule has 10 heteroatoms. The quantitative estimate of drug-likeness (QED) is 0.331. The van der Waals surface area contributed by atoms with Gasteiger partial charge in [0.25, 0.3) is 5.91 Å². The zero-order valence-electron chi connectivity index (χ0n) is 23.1. The highest BCUT2D eigenvalue weighted by Crippen LogP contribution is 2.27. The smallest absolute Gasteiger partial charge is 0.323 e. The normalized spacial score (nSPS) is 19.2. The van der Waals surface area contributed by atoms with Gasteiger partial charge in [0, 0.05) is 34.3 Å². The molecule has 2 aliphatic rings. The number of esters is 1. The number of hydrogen-bond acceptors (Lipinski definition) is 7. The molecular weight excluding hydrogens is 561 g/mol. The van der Waals surface area contributed by atoms with E-state index in [0.29, 0.717) is 58.6 Å². The van der Waals surface area contributed by atoms with Crippen molar-refractivity contribution in [3.63, 3.8) is 0 Å². The number of ether oxygens (including phenoxy) is 1. The van der Waals surface area contributed by atoms with Crippen molar-refractivity contribution in [2.45, 2.75) is 69.6 Å². The van der Waals surface area contributed by atoms with E-state index >= 15 is 0 Å². The van der Waals surface area contributed by atoms with Gasteiger partial charge in [-0.15, -0.1) is 0 Å². The second-order valence-corrected chi connectivity index (χ2v) is 11.6. The number of nitrogens with zero attached hydrogens (tertiary/aromatic N) is 3. The number of amides is 1. The maximum absolute atomic E-state index is 13.3. The number of hydrogen-bond donors (Lipinski definition) is 2. The summed E-state index contributed by atoms with van der Waals surface area (Å²) in [4.78, 5) is 36.9. The highest BCUT2D eigenvalue weighted by Gasteiger charge is 2.33. The Balaban J connectivity index is 1.22.